The third-order valence-corrected chi connectivity index (χ3v) is 5.92. The van der Waals surface area contributed by atoms with Gasteiger partial charge < -0.3 is 30.7 Å². The molecule has 0 saturated heterocycles. The molecule has 4 amide bonds. The molecule has 1 aliphatic carbocycles. The number of halogens is 4. The molecule has 15 heteroatoms. The lowest BCUT2D eigenvalue weighted by Crippen LogP contribution is -2.45. The predicted octanol–water partition coefficient (Wildman–Crippen LogP) is 3.70. The number of nitrogens with one attached hydrogen (secondary N) is 2. The minimum Gasteiger partial charge on any atom is -0.489 e. The Balaban J connectivity index is 1.67. The third-order valence-electron chi connectivity index (χ3n) is 5.92. The third kappa shape index (κ3) is 7.30. The van der Waals surface area contributed by atoms with Gasteiger partial charge in [0.15, 0.2) is 23.0 Å². The molecule has 11 nitrogen and oxygen atoms in total. The summed E-state index contributed by atoms with van der Waals surface area (Å²) in [5.74, 6) is -4.64. The van der Waals surface area contributed by atoms with Gasteiger partial charge >= 0.3 is 12.6 Å². The maximum Gasteiger partial charge on any atom is 0.387 e. The van der Waals surface area contributed by atoms with Crippen molar-refractivity contribution in [3.63, 3.8) is 0 Å². The van der Waals surface area contributed by atoms with Crippen molar-refractivity contribution < 1.29 is 45.8 Å². The first kappa shape index (κ1) is 29.3. The average molecular weight is 580 g/mol. The lowest BCUT2D eigenvalue weighted by molar-refractivity contribution is -0.122. The van der Waals surface area contributed by atoms with E-state index in [9.17, 15) is 31.9 Å². The first-order valence-corrected chi connectivity index (χ1v) is 12.3. The van der Waals surface area contributed by atoms with Crippen molar-refractivity contribution in [1.82, 2.24) is 15.6 Å². The number of carbonyl (C=O) groups is 3. The second-order valence-electron chi connectivity index (χ2n) is 9.24. The van der Waals surface area contributed by atoms with Crippen LogP contribution in [0.4, 0.5) is 22.4 Å². The molecule has 218 valence electrons. The molecule has 0 aliphatic heterocycles. The van der Waals surface area contributed by atoms with Crippen molar-refractivity contribution in [2.75, 3.05) is 6.61 Å². The molecule has 2 atom stereocenters. The number of rotatable bonds is 11. The number of urea groups is 1. The van der Waals surface area contributed by atoms with Crippen LogP contribution < -0.4 is 31.6 Å². The van der Waals surface area contributed by atoms with Gasteiger partial charge in [-0.25, -0.2) is 18.6 Å². The molecule has 1 saturated carbocycles. The summed E-state index contributed by atoms with van der Waals surface area (Å²) in [7, 11) is 0. The van der Waals surface area contributed by atoms with Gasteiger partial charge in [0.05, 0.1) is 12.6 Å². The van der Waals surface area contributed by atoms with Crippen molar-refractivity contribution in [3.8, 4) is 23.0 Å². The van der Waals surface area contributed by atoms with E-state index in [1.165, 1.54) is 25.1 Å². The summed E-state index contributed by atoms with van der Waals surface area (Å²) >= 11 is 0. The van der Waals surface area contributed by atoms with E-state index in [1.54, 1.807) is 5.32 Å². The van der Waals surface area contributed by atoms with Crippen LogP contribution in [0.2, 0.25) is 0 Å². The minimum absolute atomic E-state index is 0.00350. The number of benzene rings is 2. The number of nitrogens with two attached hydrogens (primary N) is 2. The van der Waals surface area contributed by atoms with Gasteiger partial charge in [-0.3, -0.25) is 14.9 Å². The van der Waals surface area contributed by atoms with Crippen LogP contribution in [0, 0.1) is 17.6 Å². The summed E-state index contributed by atoms with van der Waals surface area (Å²) in [5.41, 5.74) is 10.3. The van der Waals surface area contributed by atoms with Crippen molar-refractivity contribution in [3.05, 3.63) is 65.1 Å². The highest BCUT2D eigenvalue weighted by Crippen LogP contribution is 2.37. The van der Waals surface area contributed by atoms with Crippen molar-refractivity contribution >= 4 is 17.8 Å². The molecule has 1 fully saturated rings. The van der Waals surface area contributed by atoms with E-state index in [0.29, 0.717) is 12.0 Å². The molecule has 1 unspecified atom stereocenters. The van der Waals surface area contributed by atoms with Gasteiger partial charge in [-0.05, 0) is 49.9 Å². The van der Waals surface area contributed by atoms with Crippen molar-refractivity contribution in [2.45, 2.75) is 38.5 Å². The lowest BCUT2D eigenvalue weighted by Gasteiger charge is -2.18. The standard InChI is InChI=1S/C26H25F4N5O6/c1-11(31)21-20(23(37)33-19(22(36)35-26(32)38)15-6-5-14(27)9-16(15)28)34-24(41-21)13-4-7-17(40-25(29)30)18(8-13)39-10-12-2-3-12/h4-9,11-12,19,25H,2-3,10,31H2,1H3,(H,33,37)(H3,32,35,36,38)/t11-,19?/m0/s1. The molecule has 6 N–H and O–H groups in total. The van der Waals surface area contributed by atoms with Gasteiger partial charge in [0.1, 0.15) is 17.7 Å². The summed E-state index contributed by atoms with van der Waals surface area (Å²) in [5, 5.41) is 3.96. The Morgan fingerprint density at radius 2 is 1.85 bits per heavy atom. The number of primary amides is 1. The van der Waals surface area contributed by atoms with Crippen LogP contribution in [0.15, 0.2) is 40.8 Å². The Bertz CT molecular complexity index is 1460. The molecule has 3 aromatic rings. The van der Waals surface area contributed by atoms with E-state index in [1.807, 2.05) is 0 Å². The van der Waals surface area contributed by atoms with Crippen LogP contribution >= 0.6 is 0 Å². The first-order chi connectivity index (χ1) is 19.4. The first-order valence-electron chi connectivity index (χ1n) is 12.3. The predicted molar refractivity (Wildman–Crippen MR) is 134 cm³/mol. The van der Waals surface area contributed by atoms with Gasteiger partial charge in [0.2, 0.25) is 5.89 Å². The second-order valence-corrected chi connectivity index (χ2v) is 9.24. The Labute approximate surface area is 230 Å². The van der Waals surface area contributed by atoms with Crippen LogP contribution in [0.1, 0.15) is 53.7 Å². The van der Waals surface area contributed by atoms with E-state index >= 15 is 0 Å². The highest BCUT2D eigenvalue weighted by atomic mass is 19.3. The zero-order valence-corrected chi connectivity index (χ0v) is 21.5. The second kappa shape index (κ2) is 12.2. The number of amides is 4. The molecule has 2 aromatic carbocycles. The largest absolute Gasteiger partial charge is 0.489 e. The summed E-state index contributed by atoms with van der Waals surface area (Å²) in [6, 6.07) is 2.11. The number of aromatic nitrogens is 1. The van der Waals surface area contributed by atoms with Gasteiger partial charge in [-0.2, -0.15) is 8.78 Å². The number of nitrogens with zero attached hydrogens (tertiary/aromatic N) is 1. The molecule has 1 heterocycles. The zero-order valence-electron chi connectivity index (χ0n) is 21.5. The van der Waals surface area contributed by atoms with Crippen LogP contribution in [0.5, 0.6) is 11.5 Å². The minimum atomic E-state index is -3.10. The van der Waals surface area contributed by atoms with E-state index < -0.39 is 59.4 Å². The topological polar surface area (TPSA) is 172 Å². The van der Waals surface area contributed by atoms with Crippen LogP contribution in [-0.4, -0.2) is 36.0 Å². The Kier molecular flexibility index (Phi) is 8.76. The van der Waals surface area contributed by atoms with Gasteiger partial charge in [0, 0.05) is 17.2 Å². The van der Waals surface area contributed by atoms with E-state index in [0.717, 1.165) is 25.0 Å². The molecule has 0 bridgehead atoms. The molecule has 4 rings (SSSR count). The summed E-state index contributed by atoms with van der Waals surface area (Å²) in [6.07, 6.45) is 1.89. The number of hydrogen-bond donors (Lipinski definition) is 4. The molecular weight excluding hydrogens is 554 g/mol. The van der Waals surface area contributed by atoms with E-state index in [-0.39, 0.29) is 35.3 Å². The van der Waals surface area contributed by atoms with Gasteiger partial charge in [0.25, 0.3) is 11.8 Å². The molecule has 0 spiro atoms. The lowest BCUT2D eigenvalue weighted by atomic mass is 10.0. The monoisotopic (exact) mass is 579 g/mol. The fraction of sp³-hybridized carbons (Fsp3) is 0.308. The van der Waals surface area contributed by atoms with Crippen LogP contribution in [0.3, 0.4) is 0 Å². The number of oxazole rings is 1. The number of hydrogen-bond acceptors (Lipinski definition) is 8. The average Bonchev–Trinajstić information content (AvgIpc) is 3.61. The molecule has 0 radical (unpaired) electrons. The van der Waals surface area contributed by atoms with E-state index in [2.05, 4.69) is 15.0 Å². The van der Waals surface area contributed by atoms with Gasteiger partial charge in [-0.1, -0.05) is 6.07 Å². The Hall–Kier alpha value is -4.66. The van der Waals surface area contributed by atoms with Crippen LogP contribution in [-0.2, 0) is 4.79 Å². The molecule has 41 heavy (non-hydrogen) atoms. The summed E-state index contributed by atoms with van der Waals surface area (Å²) < 4.78 is 69.7. The quantitative estimate of drug-likeness (QED) is 0.249. The summed E-state index contributed by atoms with van der Waals surface area (Å²) in [4.78, 5) is 41.3. The fourth-order valence-corrected chi connectivity index (χ4v) is 3.78. The number of imide groups is 1. The maximum atomic E-state index is 14.5. The van der Waals surface area contributed by atoms with Crippen molar-refractivity contribution in [2.24, 2.45) is 17.4 Å². The molecular formula is C26H25F4N5O6. The molecule has 1 aromatic heterocycles. The molecule has 1 aliphatic rings. The highest BCUT2D eigenvalue weighted by Gasteiger charge is 2.31. The highest BCUT2D eigenvalue weighted by molar-refractivity contribution is 6.01. The van der Waals surface area contributed by atoms with Crippen molar-refractivity contribution in [1.29, 1.82) is 0 Å². The normalized spacial score (nSPS) is 14.3. The Morgan fingerprint density at radius 3 is 2.46 bits per heavy atom. The summed E-state index contributed by atoms with van der Waals surface area (Å²) in [6.45, 7) is -1.35. The Morgan fingerprint density at radius 1 is 1.12 bits per heavy atom. The smallest absolute Gasteiger partial charge is 0.387 e. The fourth-order valence-electron chi connectivity index (χ4n) is 3.78. The maximum absolute atomic E-state index is 14.5. The van der Waals surface area contributed by atoms with Gasteiger partial charge in [-0.15, -0.1) is 0 Å². The number of ether oxygens (including phenoxy) is 2. The SMILES string of the molecule is C[C@H](N)c1oc(-c2ccc(OC(F)F)c(OCC3CC3)c2)nc1C(=O)NC(C(=O)NC(N)=O)c1ccc(F)cc1F. The number of carbonyl (C=O) groups excluding carboxylic acids is 3. The van der Waals surface area contributed by atoms with E-state index in [4.69, 9.17) is 20.6 Å². The van der Waals surface area contributed by atoms with Crippen LogP contribution in [0.25, 0.3) is 11.5 Å². The number of alkyl halides is 2. The zero-order chi connectivity index (χ0) is 29.8.